The van der Waals surface area contributed by atoms with Gasteiger partial charge in [-0.25, -0.2) is 9.69 Å². The summed E-state index contributed by atoms with van der Waals surface area (Å²) in [5.74, 6) is 0. The normalized spacial score (nSPS) is 12.5. The minimum Gasteiger partial charge on any atom is -0.308 e. The second kappa shape index (κ2) is 11.9. The number of fused-ring (bicyclic) bond motifs is 6. The highest BCUT2D eigenvalue weighted by molar-refractivity contribution is 6.12. The van der Waals surface area contributed by atoms with E-state index in [-0.39, 0.29) is 44.4 Å². The van der Waals surface area contributed by atoms with E-state index in [0.717, 1.165) is 36.4 Å². The van der Waals surface area contributed by atoms with E-state index in [0.29, 0.717) is 21.8 Å². The molecule has 2 heterocycles. The van der Waals surface area contributed by atoms with Crippen molar-refractivity contribution in [3.05, 3.63) is 155 Å². The molecular formula is C41H19F9N4. The first-order valence-corrected chi connectivity index (χ1v) is 16.0. The van der Waals surface area contributed by atoms with Gasteiger partial charge in [-0.05, 0) is 71.8 Å². The number of para-hydroxylation sites is 2. The second-order valence-corrected chi connectivity index (χ2v) is 12.4. The van der Waals surface area contributed by atoms with Gasteiger partial charge in [-0.3, -0.25) is 0 Å². The molecule has 8 rings (SSSR count). The molecule has 0 bridgehead atoms. The van der Waals surface area contributed by atoms with Gasteiger partial charge in [-0.2, -0.15) is 39.5 Å². The molecule has 0 fully saturated rings. The molecule has 0 unspecified atom stereocenters. The van der Waals surface area contributed by atoms with Gasteiger partial charge in [0.2, 0.25) is 0 Å². The molecule has 2 aromatic heterocycles. The zero-order valence-corrected chi connectivity index (χ0v) is 27.2. The summed E-state index contributed by atoms with van der Waals surface area (Å²) in [5, 5.41) is 1.12. The smallest absolute Gasteiger partial charge is 0.308 e. The number of aromatic nitrogens is 2. The minimum absolute atomic E-state index is 0.0822. The fourth-order valence-corrected chi connectivity index (χ4v) is 7.19. The molecule has 0 saturated heterocycles. The summed E-state index contributed by atoms with van der Waals surface area (Å²) in [6.45, 7) is 15.9. The predicted octanol–water partition coefficient (Wildman–Crippen LogP) is 13.7. The molecule has 4 nitrogen and oxygen atoms in total. The summed E-state index contributed by atoms with van der Waals surface area (Å²) in [6.07, 6.45) is -14.4. The first kappa shape index (κ1) is 34.4. The fourth-order valence-electron chi connectivity index (χ4n) is 7.19. The Labute approximate surface area is 299 Å². The summed E-state index contributed by atoms with van der Waals surface area (Å²) >= 11 is 0. The van der Waals surface area contributed by atoms with Crippen LogP contribution < -0.4 is 0 Å². The van der Waals surface area contributed by atoms with E-state index in [1.165, 1.54) is 30.3 Å². The molecule has 0 spiro atoms. The quantitative estimate of drug-likeness (QED) is 0.127. The van der Waals surface area contributed by atoms with Gasteiger partial charge in [0.15, 0.2) is 11.4 Å². The third kappa shape index (κ3) is 5.31. The summed E-state index contributed by atoms with van der Waals surface area (Å²) < 4.78 is 131. The molecule has 0 N–H and O–H groups in total. The molecular weight excluding hydrogens is 719 g/mol. The molecule has 0 atom stereocenters. The Kier molecular flexibility index (Phi) is 7.57. The van der Waals surface area contributed by atoms with E-state index in [1.54, 1.807) is 57.7 Å². The van der Waals surface area contributed by atoms with Gasteiger partial charge in [-0.15, -0.1) is 0 Å². The van der Waals surface area contributed by atoms with E-state index >= 15 is 0 Å². The Morgan fingerprint density at radius 2 is 0.889 bits per heavy atom. The van der Waals surface area contributed by atoms with Crippen LogP contribution in [0.1, 0.15) is 16.7 Å². The molecule has 13 heteroatoms. The molecule has 266 valence electrons. The van der Waals surface area contributed by atoms with Crippen molar-refractivity contribution in [3.8, 4) is 22.5 Å². The van der Waals surface area contributed by atoms with Gasteiger partial charge in [0.05, 0.1) is 63.3 Å². The summed E-state index contributed by atoms with van der Waals surface area (Å²) in [5.41, 5.74) is -3.18. The van der Waals surface area contributed by atoms with Crippen LogP contribution in [0.15, 0.2) is 115 Å². The molecule has 0 aliphatic heterocycles. The van der Waals surface area contributed by atoms with Crippen molar-refractivity contribution >= 4 is 55.0 Å². The molecule has 0 aliphatic rings. The highest BCUT2D eigenvalue weighted by Gasteiger charge is 2.36. The number of hydrogen-bond donors (Lipinski definition) is 0. The van der Waals surface area contributed by atoms with Crippen LogP contribution in [0.3, 0.4) is 0 Å². The van der Waals surface area contributed by atoms with Gasteiger partial charge in [0.1, 0.15) is 0 Å². The lowest BCUT2D eigenvalue weighted by Gasteiger charge is -2.22. The lowest BCUT2D eigenvalue weighted by molar-refractivity contribution is -0.138. The maximum absolute atomic E-state index is 14.6. The molecule has 0 amide bonds. The maximum atomic E-state index is 14.6. The van der Waals surface area contributed by atoms with E-state index in [9.17, 15) is 39.5 Å². The fraction of sp³-hybridized carbons (Fsp3) is 0.0732. The van der Waals surface area contributed by atoms with Gasteiger partial charge in [0, 0.05) is 21.5 Å². The first-order valence-electron chi connectivity index (χ1n) is 16.0. The van der Waals surface area contributed by atoms with Crippen molar-refractivity contribution in [2.45, 2.75) is 18.5 Å². The first-order chi connectivity index (χ1) is 25.6. The van der Waals surface area contributed by atoms with Crippen molar-refractivity contribution in [2.75, 3.05) is 0 Å². The van der Waals surface area contributed by atoms with Crippen LogP contribution in [0, 0.1) is 13.1 Å². The van der Waals surface area contributed by atoms with Gasteiger partial charge >= 0.3 is 18.5 Å². The highest BCUT2D eigenvalue weighted by atomic mass is 19.4. The summed E-state index contributed by atoms with van der Waals surface area (Å²) in [4.78, 5) is 6.93. The molecule has 0 aliphatic carbocycles. The van der Waals surface area contributed by atoms with Crippen molar-refractivity contribution < 1.29 is 39.5 Å². The number of benzene rings is 6. The summed E-state index contributed by atoms with van der Waals surface area (Å²) in [6, 6.07) is 24.8. The molecule has 0 saturated carbocycles. The third-order valence-corrected chi connectivity index (χ3v) is 9.43. The van der Waals surface area contributed by atoms with Gasteiger partial charge in [-0.1, -0.05) is 54.6 Å². The van der Waals surface area contributed by atoms with Crippen molar-refractivity contribution in [3.63, 3.8) is 0 Å². The lowest BCUT2D eigenvalue weighted by Crippen LogP contribution is -2.09. The maximum Gasteiger partial charge on any atom is 0.416 e. The Balaban J connectivity index is 1.59. The van der Waals surface area contributed by atoms with Crippen LogP contribution in [-0.4, -0.2) is 9.13 Å². The van der Waals surface area contributed by atoms with Crippen molar-refractivity contribution in [1.29, 1.82) is 0 Å². The lowest BCUT2D eigenvalue weighted by atomic mass is 9.94. The van der Waals surface area contributed by atoms with E-state index < -0.39 is 46.5 Å². The van der Waals surface area contributed by atoms with Gasteiger partial charge < -0.3 is 9.13 Å². The summed E-state index contributed by atoms with van der Waals surface area (Å²) in [7, 11) is 0. The highest BCUT2D eigenvalue weighted by Crippen LogP contribution is 2.49. The Bertz CT molecular complexity index is 2930. The second-order valence-electron chi connectivity index (χ2n) is 12.4. The largest absolute Gasteiger partial charge is 0.416 e. The zero-order chi connectivity index (χ0) is 38.3. The zero-order valence-electron chi connectivity index (χ0n) is 27.2. The standard InChI is InChI=1S/C41H19F9N4/c1-51-30-11-7-10-29(41(48,49)50)38(30)28-20-36(53-32-12-5-3-8-24(32)26-18-22(39(42,43)44)14-16-34(26)53)37(21-31(28)52-2)54-33-13-6-4-9-25(33)27-19-23(40(45,46)47)15-17-35(27)54/h3-21H. The molecule has 8 aromatic rings. The monoisotopic (exact) mass is 738 g/mol. The average molecular weight is 739 g/mol. The van der Waals surface area contributed by atoms with E-state index in [2.05, 4.69) is 9.69 Å². The molecule has 54 heavy (non-hydrogen) atoms. The van der Waals surface area contributed by atoms with Crippen LogP contribution in [0.2, 0.25) is 0 Å². The van der Waals surface area contributed by atoms with Crippen LogP contribution in [0.4, 0.5) is 50.9 Å². The van der Waals surface area contributed by atoms with E-state index in [1.807, 2.05) is 0 Å². The SMILES string of the molecule is [C-]#[N+]c1cc(-n2c3ccccc3c3cc(C(F)(F)F)ccc32)c(-n2c3ccccc3c3cc(C(F)(F)F)ccc32)cc1-c1c([N+]#[C-])cccc1C(F)(F)F. The van der Waals surface area contributed by atoms with Crippen molar-refractivity contribution in [1.82, 2.24) is 9.13 Å². The third-order valence-electron chi connectivity index (χ3n) is 9.43. The Morgan fingerprint density at radius 1 is 0.426 bits per heavy atom. The van der Waals surface area contributed by atoms with E-state index in [4.69, 9.17) is 13.1 Å². The number of halogens is 9. The Morgan fingerprint density at radius 3 is 1.35 bits per heavy atom. The average Bonchev–Trinajstić information content (AvgIpc) is 3.65. The number of hydrogen-bond acceptors (Lipinski definition) is 0. The molecule has 6 aromatic carbocycles. The Hall–Kier alpha value is -6.73. The van der Waals surface area contributed by atoms with Crippen LogP contribution in [-0.2, 0) is 18.5 Å². The molecule has 0 radical (unpaired) electrons. The van der Waals surface area contributed by atoms with Crippen LogP contribution >= 0.6 is 0 Å². The van der Waals surface area contributed by atoms with Crippen LogP contribution in [0.5, 0.6) is 0 Å². The topological polar surface area (TPSA) is 18.6 Å². The number of nitrogens with zero attached hydrogens (tertiary/aromatic N) is 4. The van der Waals surface area contributed by atoms with Crippen LogP contribution in [0.25, 0.3) is 75.8 Å². The van der Waals surface area contributed by atoms with Crippen molar-refractivity contribution in [2.24, 2.45) is 0 Å². The van der Waals surface area contributed by atoms with Gasteiger partial charge in [0.25, 0.3) is 0 Å². The minimum atomic E-state index is -4.96. The number of alkyl halides is 9. The number of rotatable bonds is 3. The predicted molar refractivity (Wildman–Crippen MR) is 188 cm³/mol.